The molecule has 0 aliphatic rings. The van der Waals surface area contributed by atoms with E-state index in [0.29, 0.717) is 16.8 Å². The first kappa shape index (κ1) is 14.3. The molecule has 0 heterocycles. The molecule has 0 saturated carbocycles. The number of hydrogen-bond donors (Lipinski definition) is 2. The van der Waals surface area contributed by atoms with E-state index in [-0.39, 0.29) is 13.0 Å². The first-order chi connectivity index (χ1) is 8.31. The van der Waals surface area contributed by atoms with Crippen LogP contribution >= 0.6 is 0 Å². The normalized spacial score (nSPS) is 11.3. The number of halogens is 3. The van der Waals surface area contributed by atoms with Crippen LogP contribution in [0.4, 0.5) is 18.9 Å². The van der Waals surface area contributed by atoms with Crippen molar-refractivity contribution in [3.05, 3.63) is 29.3 Å². The van der Waals surface area contributed by atoms with E-state index >= 15 is 0 Å². The van der Waals surface area contributed by atoms with E-state index in [1.807, 2.05) is 0 Å². The fourth-order valence-corrected chi connectivity index (χ4v) is 1.58. The molecule has 18 heavy (non-hydrogen) atoms. The van der Waals surface area contributed by atoms with Gasteiger partial charge in [0.25, 0.3) is 5.91 Å². The van der Waals surface area contributed by atoms with Gasteiger partial charge < -0.3 is 11.1 Å². The number of carbonyl (C=O) groups is 1. The molecule has 100 valence electrons. The highest BCUT2D eigenvalue weighted by molar-refractivity contribution is 6.00. The van der Waals surface area contributed by atoms with Crippen molar-refractivity contribution in [3.63, 3.8) is 0 Å². The minimum absolute atomic E-state index is 0.0217. The molecule has 3 nitrogen and oxygen atoms in total. The van der Waals surface area contributed by atoms with Crippen LogP contribution in [0.1, 0.15) is 28.8 Å². The standard InChI is InChI=1S/C12H15F3N2O/c1-8-4-2-5-9(16)10(8)11(18)17-7-3-6-12(13,14)15/h2,4-5H,3,6-7,16H2,1H3,(H,17,18). The third-order valence-electron chi connectivity index (χ3n) is 2.45. The predicted molar refractivity (Wildman–Crippen MR) is 63.2 cm³/mol. The smallest absolute Gasteiger partial charge is 0.389 e. The second-order valence-electron chi connectivity index (χ2n) is 4.01. The van der Waals surface area contributed by atoms with Gasteiger partial charge in [-0.05, 0) is 25.0 Å². The summed E-state index contributed by atoms with van der Waals surface area (Å²) in [5, 5.41) is 2.43. The molecule has 0 aliphatic heterocycles. The van der Waals surface area contributed by atoms with Crippen LogP contribution in [-0.2, 0) is 0 Å². The maximum Gasteiger partial charge on any atom is 0.389 e. The van der Waals surface area contributed by atoms with Crippen molar-refractivity contribution in [3.8, 4) is 0 Å². The average molecular weight is 260 g/mol. The zero-order chi connectivity index (χ0) is 13.8. The summed E-state index contributed by atoms with van der Waals surface area (Å²) in [5.41, 5.74) is 7.00. The zero-order valence-electron chi connectivity index (χ0n) is 9.97. The number of hydrogen-bond acceptors (Lipinski definition) is 2. The Morgan fingerprint density at radius 3 is 2.61 bits per heavy atom. The summed E-state index contributed by atoms with van der Waals surface area (Å²) in [7, 11) is 0. The molecule has 0 unspecified atom stereocenters. The molecule has 0 atom stereocenters. The third kappa shape index (κ3) is 4.27. The molecule has 0 radical (unpaired) electrons. The maximum atomic E-state index is 11.9. The molecule has 1 aromatic rings. The monoisotopic (exact) mass is 260 g/mol. The minimum atomic E-state index is -4.19. The summed E-state index contributed by atoms with van der Waals surface area (Å²) in [6.07, 6.45) is -5.23. The Bertz CT molecular complexity index is 410. The fraction of sp³-hybridized carbons (Fsp3) is 0.417. The topological polar surface area (TPSA) is 55.1 Å². The van der Waals surface area contributed by atoms with Crippen molar-refractivity contribution < 1.29 is 18.0 Å². The number of anilines is 1. The molecule has 1 aromatic carbocycles. The molecule has 1 amide bonds. The summed E-state index contributed by atoms with van der Waals surface area (Å²) in [5.74, 6) is -0.437. The molecule has 3 N–H and O–H groups in total. The number of nitrogens with one attached hydrogen (secondary N) is 1. The Morgan fingerprint density at radius 2 is 2.06 bits per heavy atom. The van der Waals surface area contributed by atoms with E-state index < -0.39 is 18.5 Å². The number of aryl methyl sites for hydroxylation is 1. The number of rotatable bonds is 4. The number of nitrogen functional groups attached to an aromatic ring is 1. The van der Waals surface area contributed by atoms with Crippen LogP contribution in [0.5, 0.6) is 0 Å². The zero-order valence-corrected chi connectivity index (χ0v) is 9.97. The number of nitrogens with two attached hydrogens (primary N) is 1. The lowest BCUT2D eigenvalue weighted by atomic mass is 10.1. The van der Waals surface area contributed by atoms with Crippen LogP contribution < -0.4 is 11.1 Å². The SMILES string of the molecule is Cc1cccc(N)c1C(=O)NCCCC(F)(F)F. The summed E-state index contributed by atoms with van der Waals surface area (Å²) >= 11 is 0. The van der Waals surface area contributed by atoms with Crippen LogP contribution in [0.25, 0.3) is 0 Å². The van der Waals surface area contributed by atoms with Crippen molar-refractivity contribution in [2.75, 3.05) is 12.3 Å². The Morgan fingerprint density at radius 1 is 1.39 bits per heavy atom. The van der Waals surface area contributed by atoms with E-state index in [1.54, 1.807) is 25.1 Å². The van der Waals surface area contributed by atoms with Crippen LogP contribution in [0.2, 0.25) is 0 Å². The molecule has 6 heteroatoms. The lowest BCUT2D eigenvalue weighted by Crippen LogP contribution is -2.27. The van der Waals surface area contributed by atoms with Gasteiger partial charge in [-0.1, -0.05) is 12.1 Å². The Hall–Kier alpha value is -1.72. The van der Waals surface area contributed by atoms with Gasteiger partial charge in [0.2, 0.25) is 0 Å². The number of benzene rings is 1. The summed E-state index contributed by atoms with van der Waals surface area (Å²) in [6.45, 7) is 1.70. The number of carbonyl (C=O) groups excluding carboxylic acids is 1. The Kier molecular flexibility index (Phi) is 4.58. The van der Waals surface area contributed by atoms with E-state index in [9.17, 15) is 18.0 Å². The van der Waals surface area contributed by atoms with Gasteiger partial charge >= 0.3 is 6.18 Å². The van der Waals surface area contributed by atoms with Gasteiger partial charge in [-0.25, -0.2) is 0 Å². The number of alkyl halides is 3. The minimum Gasteiger partial charge on any atom is -0.398 e. The highest BCUT2D eigenvalue weighted by atomic mass is 19.4. The van der Waals surface area contributed by atoms with Crippen molar-refractivity contribution >= 4 is 11.6 Å². The van der Waals surface area contributed by atoms with Crippen molar-refractivity contribution in [1.29, 1.82) is 0 Å². The molecule has 0 bridgehead atoms. The van der Waals surface area contributed by atoms with Gasteiger partial charge in [0, 0.05) is 18.7 Å². The van der Waals surface area contributed by atoms with Gasteiger partial charge in [0.05, 0.1) is 5.56 Å². The Balaban J connectivity index is 2.51. The van der Waals surface area contributed by atoms with Crippen LogP contribution in [0.3, 0.4) is 0 Å². The molecule has 0 aromatic heterocycles. The van der Waals surface area contributed by atoms with Crippen molar-refractivity contribution in [2.45, 2.75) is 25.9 Å². The van der Waals surface area contributed by atoms with Crippen molar-refractivity contribution in [1.82, 2.24) is 5.32 Å². The summed E-state index contributed by atoms with van der Waals surface area (Å²) < 4.78 is 35.7. The van der Waals surface area contributed by atoms with Crippen molar-refractivity contribution in [2.24, 2.45) is 0 Å². The molecule has 0 aliphatic carbocycles. The summed E-state index contributed by atoms with van der Waals surface area (Å²) in [4.78, 5) is 11.7. The highest BCUT2D eigenvalue weighted by Gasteiger charge is 2.26. The van der Waals surface area contributed by atoms with Gasteiger partial charge in [-0.3, -0.25) is 4.79 Å². The van der Waals surface area contributed by atoms with Gasteiger partial charge in [0.1, 0.15) is 0 Å². The quantitative estimate of drug-likeness (QED) is 0.646. The van der Waals surface area contributed by atoms with Gasteiger partial charge in [-0.2, -0.15) is 13.2 Å². The van der Waals surface area contributed by atoms with E-state index in [0.717, 1.165) is 0 Å². The predicted octanol–water partition coefficient (Wildman–Crippen LogP) is 2.65. The molecule has 0 saturated heterocycles. The van der Waals surface area contributed by atoms with E-state index in [1.165, 1.54) is 0 Å². The second kappa shape index (κ2) is 5.75. The van der Waals surface area contributed by atoms with Crippen LogP contribution in [0.15, 0.2) is 18.2 Å². The first-order valence-corrected chi connectivity index (χ1v) is 5.51. The average Bonchev–Trinajstić information content (AvgIpc) is 2.23. The first-order valence-electron chi connectivity index (χ1n) is 5.51. The fourth-order valence-electron chi connectivity index (χ4n) is 1.58. The maximum absolute atomic E-state index is 11.9. The van der Waals surface area contributed by atoms with Crippen LogP contribution in [-0.4, -0.2) is 18.6 Å². The van der Waals surface area contributed by atoms with E-state index in [2.05, 4.69) is 5.32 Å². The van der Waals surface area contributed by atoms with Gasteiger partial charge in [0.15, 0.2) is 0 Å². The molecular weight excluding hydrogens is 245 g/mol. The van der Waals surface area contributed by atoms with Crippen LogP contribution in [0, 0.1) is 6.92 Å². The van der Waals surface area contributed by atoms with Gasteiger partial charge in [-0.15, -0.1) is 0 Å². The largest absolute Gasteiger partial charge is 0.398 e. The number of amides is 1. The van der Waals surface area contributed by atoms with E-state index in [4.69, 9.17) is 5.73 Å². The summed E-state index contributed by atoms with van der Waals surface area (Å²) in [6, 6.07) is 5.02. The third-order valence-corrected chi connectivity index (χ3v) is 2.45. The molecule has 0 spiro atoms. The lowest BCUT2D eigenvalue weighted by Gasteiger charge is -2.10. The molecule has 1 rings (SSSR count). The molecule has 0 fully saturated rings. The second-order valence-corrected chi connectivity index (χ2v) is 4.01. The molecular formula is C12H15F3N2O. The Labute approximate surface area is 103 Å². The lowest BCUT2D eigenvalue weighted by molar-refractivity contribution is -0.135. The highest BCUT2D eigenvalue weighted by Crippen LogP contribution is 2.21.